The van der Waals surface area contributed by atoms with E-state index >= 15 is 0 Å². The van der Waals surface area contributed by atoms with Crippen molar-refractivity contribution in [3.05, 3.63) is 10.4 Å². The monoisotopic (exact) mass is 328 g/mol. The number of rotatable bonds is 6. The van der Waals surface area contributed by atoms with Crippen LogP contribution in [0, 0.1) is 0 Å². The van der Waals surface area contributed by atoms with Gasteiger partial charge in [-0.25, -0.2) is 0 Å². The van der Waals surface area contributed by atoms with Gasteiger partial charge in [0, 0.05) is 18.0 Å². The van der Waals surface area contributed by atoms with E-state index in [1.165, 1.54) is 0 Å². The standard InChI is InChI=1S/C14H24N4O5/c1-9(13(21)23-14(2,3)4)18-7-10(5-12(19)20)22-11(8-18)6-16-17-15/h9-11H,5-8H2,1-4H3,(H,19,20)/t9-,10-,11+/m0/s1. The highest BCUT2D eigenvalue weighted by atomic mass is 16.6. The molecule has 0 radical (unpaired) electrons. The molecule has 9 nitrogen and oxygen atoms in total. The first kappa shape index (κ1) is 19.2. The van der Waals surface area contributed by atoms with E-state index in [4.69, 9.17) is 20.1 Å². The lowest BCUT2D eigenvalue weighted by atomic mass is 10.1. The van der Waals surface area contributed by atoms with Gasteiger partial charge in [-0.2, -0.15) is 0 Å². The average molecular weight is 328 g/mol. The van der Waals surface area contributed by atoms with Crippen LogP contribution >= 0.6 is 0 Å². The summed E-state index contributed by atoms with van der Waals surface area (Å²) in [7, 11) is 0. The first-order chi connectivity index (χ1) is 10.6. The molecule has 1 heterocycles. The van der Waals surface area contributed by atoms with Gasteiger partial charge in [0.15, 0.2) is 0 Å². The van der Waals surface area contributed by atoms with Crippen molar-refractivity contribution in [2.45, 2.75) is 58.0 Å². The number of azide groups is 1. The molecule has 23 heavy (non-hydrogen) atoms. The molecule has 1 fully saturated rings. The van der Waals surface area contributed by atoms with Crippen LogP contribution in [0.4, 0.5) is 0 Å². The van der Waals surface area contributed by atoms with Crippen LogP contribution in [0.2, 0.25) is 0 Å². The van der Waals surface area contributed by atoms with Gasteiger partial charge in [0.25, 0.3) is 0 Å². The van der Waals surface area contributed by atoms with Crippen molar-refractivity contribution in [2.75, 3.05) is 19.6 Å². The van der Waals surface area contributed by atoms with Crippen molar-refractivity contribution < 1.29 is 24.2 Å². The number of carbonyl (C=O) groups excluding carboxylic acids is 1. The van der Waals surface area contributed by atoms with E-state index in [9.17, 15) is 9.59 Å². The molecular formula is C14H24N4O5. The maximum Gasteiger partial charge on any atom is 0.323 e. The van der Waals surface area contributed by atoms with Gasteiger partial charge in [-0.05, 0) is 33.2 Å². The molecule has 0 aliphatic carbocycles. The number of carboxylic acids is 1. The summed E-state index contributed by atoms with van der Waals surface area (Å²) in [5.41, 5.74) is 7.83. The van der Waals surface area contributed by atoms with E-state index in [0.29, 0.717) is 13.1 Å². The average Bonchev–Trinajstić information content (AvgIpc) is 2.41. The minimum atomic E-state index is -0.982. The lowest BCUT2D eigenvalue weighted by Crippen LogP contribution is -2.55. The summed E-state index contributed by atoms with van der Waals surface area (Å²) in [5, 5.41) is 12.4. The van der Waals surface area contributed by atoms with Gasteiger partial charge >= 0.3 is 11.9 Å². The zero-order valence-corrected chi connectivity index (χ0v) is 13.9. The Bertz CT molecular complexity index is 472. The lowest BCUT2D eigenvalue weighted by molar-refractivity contribution is -0.166. The Morgan fingerprint density at radius 1 is 1.43 bits per heavy atom. The largest absolute Gasteiger partial charge is 0.481 e. The Morgan fingerprint density at radius 2 is 2.04 bits per heavy atom. The Balaban J connectivity index is 2.78. The minimum Gasteiger partial charge on any atom is -0.481 e. The minimum absolute atomic E-state index is 0.0875. The summed E-state index contributed by atoms with van der Waals surface area (Å²) in [5.74, 6) is -1.36. The first-order valence-corrected chi connectivity index (χ1v) is 7.47. The van der Waals surface area contributed by atoms with Crippen LogP contribution in [-0.2, 0) is 19.1 Å². The zero-order chi connectivity index (χ0) is 17.6. The summed E-state index contributed by atoms with van der Waals surface area (Å²) in [6.45, 7) is 7.83. The number of carbonyl (C=O) groups is 2. The predicted octanol–water partition coefficient (Wildman–Crippen LogP) is 1.57. The molecule has 1 aliphatic rings. The lowest BCUT2D eigenvalue weighted by Gasteiger charge is -2.40. The van der Waals surface area contributed by atoms with E-state index in [-0.39, 0.29) is 18.9 Å². The molecule has 3 atom stereocenters. The molecule has 1 N–H and O–H groups in total. The van der Waals surface area contributed by atoms with Gasteiger partial charge in [0.1, 0.15) is 11.6 Å². The fraction of sp³-hybridized carbons (Fsp3) is 0.857. The van der Waals surface area contributed by atoms with E-state index < -0.39 is 29.8 Å². The number of carboxylic acid groups (broad SMARTS) is 1. The highest BCUT2D eigenvalue weighted by Crippen LogP contribution is 2.19. The van der Waals surface area contributed by atoms with Crippen molar-refractivity contribution >= 4 is 11.9 Å². The fourth-order valence-electron chi connectivity index (χ4n) is 2.34. The SMILES string of the molecule is C[C@@H](C(=O)OC(C)(C)C)N1C[C@@H](CN=[N+]=[N-])O[C@@H](CC(=O)O)C1. The van der Waals surface area contributed by atoms with Crippen LogP contribution in [0.1, 0.15) is 34.1 Å². The molecule has 130 valence electrons. The molecule has 0 saturated carbocycles. The molecule has 0 aromatic rings. The summed E-state index contributed by atoms with van der Waals surface area (Å²) in [4.78, 5) is 27.6. The van der Waals surface area contributed by atoms with Crippen molar-refractivity contribution in [3.63, 3.8) is 0 Å². The van der Waals surface area contributed by atoms with Crippen LogP contribution in [0.15, 0.2) is 5.11 Å². The fourth-order valence-corrected chi connectivity index (χ4v) is 2.34. The zero-order valence-electron chi connectivity index (χ0n) is 13.9. The summed E-state index contributed by atoms with van der Waals surface area (Å²) in [6, 6.07) is -0.539. The molecule has 9 heteroatoms. The van der Waals surface area contributed by atoms with E-state index in [1.807, 2.05) is 4.90 Å². The Hall–Kier alpha value is -1.83. The number of hydrogen-bond donors (Lipinski definition) is 1. The van der Waals surface area contributed by atoms with Crippen LogP contribution in [0.3, 0.4) is 0 Å². The second-order valence-corrected chi connectivity index (χ2v) is 6.55. The molecule has 0 aromatic carbocycles. The molecule has 0 amide bonds. The maximum absolute atomic E-state index is 12.2. The van der Waals surface area contributed by atoms with Gasteiger partial charge in [-0.1, -0.05) is 5.11 Å². The van der Waals surface area contributed by atoms with Gasteiger partial charge in [-0.15, -0.1) is 0 Å². The smallest absolute Gasteiger partial charge is 0.323 e. The third-order valence-electron chi connectivity index (χ3n) is 3.31. The number of aliphatic carboxylic acids is 1. The molecule has 1 saturated heterocycles. The number of nitrogens with zero attached hydrogens (tertiary/aromatic N) is 4. The van der Waals surface area contributed by atoms with Gasteiger partial charge in [0.05, 0.1) is 25.2 Å². The highest BCUT2D eigenvalue weighted by Gasteiger charge is 2.35. The first-order valence-electron chi connectivity index (χ1n) is 7.47. The molecule has 0 unspecified atom stereocenters. The van der Waals surface area contributed by atoms with Crippen molar-refractivity contribution in [2.24, 2.45) is 5.11 Å². The number of hydrogen-bond acceptors (Lipinski definition) is 6. The maximum atomic E-state index is 12.2. The van der Waals surface area contributed by atoms with E-state index in [0.717, 1.165) is 0 Å². The Morgan fingerprint density at radius 3 is 2.57 bits per heavy atom. The summed E-state index contributed by atoms with van der Waals surface area (Å²) in [6.07, 6.45) is -1.19. The van der Waals surface area contributed by atoms with Crippen molar-refractivity contribution in [1.82, 2.24) is 4.90 Å². The molecule has 1 aliphatic heterocycles. The number of morpholine rings is 1. The van der Waals surface area contributed by atoms with E-state index in [2.05, 4.69) is 10.0 Å². The van der Waals surface area contributed by atoms with Crippen LogP contribution < -0.4 is 0 Å². The second-order valence-electron chi connectivity index (χ2n) is 6.55. The molecule has 0 bridgehead atoms. The van der Waals surface area contributed by atoms with Crippen LogP contribution in [0.25, 0.3) is 10.4 Å². The summed E-state index contributed by atoms with van der Waals surface area (Å²) < 4.78 is 11.0. The molecular weight excluding hydrogens is 304 g/mol. The van der Waals surface area contributed by atoms with E-state index in [1.54, 1.807) is 27.7 Å². The normalized spacial score (nSPS) is 23.7. The topological polar surface area (TPSA) is 125 Å². The van der Waals surface area contributed by atoms with Crippen LogP contribution in [-0.4, -0.2) is 65.4 Å². The van der Waals surface area contributed by atoms with Crippen LogP contribution in [0.5, 0.6) is 0 Å². The predicted molar refractivity (Wildman–Crippen MR) is 81.8 cm³/mol. The highest BCUT2D eigenvalue weighted by molar-refractivity contribution is 5.75. The molecule has 1 rings (SSSR count). The number of ether oxygens (including phenoxy) is 2. The third-order valence-corrected chi connectivity index (χ3v) is 3.31. The van der Waals surface area contributed by atoms with Crippen molar-refractivity contribution in [1.29, 1.82) is 0 Å². The van der Waals surface area contributed by atoms with Gasteiger partial charge < -0.3 is 14.6 Å². The van der Waals surface area contributed by atoms with Crippen molar-refractivity contribution in [3.8, 4) is 0 Å². The molecule has 0 aromatic heterocycles. The quantitative estimate of drug-likeness (QED) is 0.341. The number of esters is 1. The third kappa shape index (κ3) is 6.85. The molecule has 0 spiro atoms. The Labute approximate surface area is 135 Å². The second kappa shape index (κ2) is 8.14. The summed E-state index contributed by atoms with van der Waals surface area (Å²) >= 11 is 0. The Kier molecular flexibility index (Phi) is 6.80. The van der Waals surface area contributed by atoms with Gasteiger partial charge in [-0.3, -0.25) is 14.5 Å². The van der Waals surface area contributed by atoms with Gasteiger partial charge in [0.2, 0.25) is 0 Å².